The lowest BCUT2D eigenvalue weighted by Gasteiger charge is -2.20. The summed E-state index contributed by atoms with van der Waals surface area (Å²) in [6.45, 7) is 4.30. The monoisotopic (exact) mass is 289 g/mol. The van der Waals surface area contributed by atoms with Gasteiger partial charge in [-0.05, 0) is 42.9 Å². The number of hydrogen-bond acceptors (Lipinski definition) is 2. The van der Waals surface area contributed by atoms with E-state index in [-0.39, 0.29) is 5.91 Å². The molecule has 5 heteroatoms. The van der Waals surface area contributed by atoms with E-state index in [9.17, 15) is 9.59 Å². The van der Waals surface area contributed by atoms with Crippen molar-refractivity contribution >= 4 is 11.9 Å². The Bertz CT molecular complexity index is 499. The van der Waals surface area contributed by atoms with Crippen LogP contribution in [0.3, 0.4) is 0 Å². The lowest BCUT2D eigenvalue weighted by Crippen LogP contribution is -2.32. The van der Waals surface area contributed by atoms with E-state index in [2.05, 4.69) is 12.2 Å². The molecule has 0 unspecified atom stereocenters. The first-order valence-corrected chi connectivity index (χ1v) is 7.48. The van der Waals surface area contributed by atoms with Crippen molar-refractivity contribution in [2.24, 2.45) is 11.7 Å². The number of nitrogens with two attached hydrogens (primary N) is 1. The minimum atomic E-state index is -0.547. The van der Waals surface area contributed by atoms with Crippen LogP contribution in [0, 0.1) is 5.92 Å². The van der Waals surface area contributed by atoms with Crippen LogP contribution in [0.4, 0.5) is 4.79 Å². The topological polar surface area (TPSA) is 75.4 Å². The molecule has 5 nitrogen and oxygen atoms in total. The fraction of sp³-hybridized carbons (Fsp3) is 0.500. The van der Waals surface area contributed by atoms with Gasteiger partial charge in [-0.25, -0.2) is 4.79 Å². The molecule has 0 bridgehead atoms. The molecule has 21 heavy (non-hydrogen) atoms. The number of carbonyl (C=O) groups is 2. The zero-order valence-corrected chi connectivity index (χ0v) is 12.5. The van der Waals surface area contributed by atoms with Crippen molar-refractivity contribution in [1.82, 2.24) is 10.2 Å². The maximum absolute atomic E-state index is 12.5. The van der Waals surface area contributed by atoms with Crippen molar-refractivity contribution in [2.75, 3.05) is 13.1 Å². The van der Waals surface area contributed by atoms with Crippen LogP contribution in [-0.4, -0.2) is 29.9 Å². The van der Waals surface area contributed by atoms with Crippen LogP contribution in [0.1, 0.15) is 42.1 Å². The molecule has 1 aromatic rings. The number of benzene rings is 1. The third-order valence-corrected chi connectivity index (χ3v) is 3.97. The minimum absolute atomic E-state index is 0.0958. The Kier molecular flexibility index (Phi) is 5.20. The number of urea groups is 1. The Hall–Kier alpha value is -2.04. The summed E-state index contributed by atoms with van der Waals surface area (Å²) in [6, 6.07) is 6.78. The molecular weight excluding hydrogens is 266 g/mol. The van der Waals surface area contributed by atoms with Crippen molar-refractivity contribution < 1.29 is 9.59 Å². The molecule has 1 saturated heterocycles. The predicted octanol–water partition coefficient (Wildman–Crippen LogP) is 2.12. The van der Waals surface area contributed by atoms with Crippen LogP contribution in [0.15, 0.2) is 24.3 Å². The SMILES string of the molecule is C[C@@H]1CCCN(C(=O)c2ccc(CNC(N)=O)cc2)CC1. The third-order valence-electron chi connectivity index (χ3n) is 3.97. The van der Waals surface area contributed by atoms with Crippen LogP contribution >= 0.6 is 0 Å². The molecule has 1 fully saturated rings. The van der Waals surface area contributed by atoms with Crippen LogP contribution in [-0.2, 0) is 6.54 Å². The van der Waals surface area contributed by atoms with Crippen molar-refractivity contribution in [2.45, 2.75) is 32.7 Å². The van der Waals surface area contributed by atoms with Gasteiger partial charge in [0.2, 0.25) is 0 Å². The number of hydrogen-bond donors (Lipinski definition) is 2. The van der Waals surface area contributed by atoms with E-state index >= 15 is 0 Å². The molecule has 114 valence electrons. The van der Waals surface area contributed by atoms with E-state index in [4.69, 9.17) is 5.73 Å². The van der Waals surface area contributed by atoms with E-state index in [1.165, 1.54) is 6.42 Å². The number of nitrogens with one attached hydrogen (secondary N) is 1. The number of carbonyl (C=O) groups excluding carboxylic acids is 2. The molecule has 1 aliphatic heterocycles. The van der Waals surface area contributed by atoms with E-state index in [0.717, 1.165) is 31.5 Å². The summed E-state index contributed by atoms with van der Waals surface area (Å²) in [7, 11) is 0. The second-order valence-electron chi connectivity index (χ2n) is 5.74. The molecule has 1 aliphatic rings. The molecular formula is C16H23N3O2. The van der Waals surface area contributed by atoms with E-state index < -0.39 is 6.03 Å². The molecule has 1 atom stereocenters. The van der Waals surface area contributed by atoms with Gasteiger partial charge >= 0.3 is 6.03 Å². The highest BCUT2D eigenvalue weighted by Gasteiger charge is 2.19. The maximum Gasteiger partial charge on any atom is 0.312 e. The summed E-state index contributed by atoms with van der Waals surface area (Å²) in [4.78, 5) is 25.1. The molecule has 0 radical (unpaired) electrons. The maximum atomic E-state index is 12.5. The van der Waals surface area contributed by atoms with Gasteiger partial charge in [0.15, 0.2) is 0 Å². The van der Waals surface area contributed by atoms with E-state index in [0.29, 0.717) is 18.0 Å². The second kappa shape index (κ2) is 7.11. The molecule has 0 aromatic heterocycles. The average molecular weight is 289 g/mol. The number of rotatable bonds is 3. The standard InChI is InChI=1S/C16H23N3O2/c1-12-3-2-9-19(10-8-12)15(20)14-6-4-13(5-7-14)11-18-16(17)21/h4-7,12H,2-3,8-11H2,1H3,(H3,17,18,21)/t12-/m1/s1. The highest BCUT2D eigenvalue weighted by molar-refractivity contribution is 5.94. The predicted molar refractivity (Wildman–Crippen MR) is 81.8 cm³/mol. The van der Waals surface area contributed by atoms with Crippen LogP contribution in [0.5, 0.6) is 0 Å². The molecule has 1 aromatic carbocycles. The first kappa shape index (κ1) is 15.4. The Morgan fingerprint density at radius 2 is 1.95 bits per heavy atom. The molecule has 2 rings (SSSR count). The lowest BCUT2D eigenvalue weighted by molar-refractivity contribution is 0.0760. The van der Waals surface area contributed by atoms with Gasteiger partial charge in [-0.15, -0.1) is 0 Å². The van der Waals surface area contributed by atoms with Crippen molar-refractivity contribution in [1.29, 1.82) is 0 Å². The van der Waals surface area contributed by atoms with Crippen LogP contribution in [0.25, 0.3) is 0 Å². The summed E-state index contributed by atoms with van der Waals surface area (Å²) in [5.41, 5.74) is 6.66. The molecule has 3 N–H and O–H groups in total. The first-order valence-electron chi connectivity index (χ1n) is 7.48. The van der Waals surface area contributed by atoms with Crippen molar-refractivity contribution in [3.05, 3.63) is 35.4 Å². The summed E-state index contributed by atoms with van der Waals surface area (Å²) in [6.07, 6.45) is 3.35. The highest BCUT2D eigenvalue weighted by Crippen LogP contribution is 2.18. The van der Waals surface area contributed by atoms with E-state index in [1.807, 2.05) is 29.2 Å². The zero-order valence-electron chi connectivity index (χ0n) is 12.5. The zero-order chi connectivity index (χ0) is 15.2. The van der Waals surface area contributed by atoms with Gasteiger partial charge in [0.25, 0.3) is 5.91 Å². The average Bonchev–Trinajstić information content (AvgIpc) is 2.69. The fourth-order valence-corrected chi connectivity index (χ4v) is 2.60. The number of primary amides is 1. The molecule has 0 saturated carbocycles. The fourth-order valence-electron chi connectivity index (χ4n) is 2.60. The third kappa shape index (κ3) is 4.48. The molecule has 0 spiro atoms. The smallest absolute Gasteiger partial charge is 0.312 e. The van der Waals surface area contributed by atoms with Gasteiger partial charge in [0, 0.05) is 25.2 Å². The van der Waals surface area contributed by atoms with Gasteiger partial charge in [0.1, 0.15) is 0 Å². The van der Waals surface area contributed by atoms with Gasteiger partial charge in [-0.2, -0.15) is 0 Å². The summed E-state index contributed by atoms with van der Waals surface area (Å²) >= 11 is 0. The Labute approximate surface area is 125 Å². The van der Waals surface area contributed by atoms with Crippen molar-refractivity contribution in [3.63, 3.8) is 0 Å². The normalized spacial score (nSPS) is 18.9. The van der Waals surface area contributed by atoms with Crippen molar-refractivity contribution in [3.8, 4) is 0 Å². The Morgan fingerprint density at radius 1 is 1.24 bits per heavy atom. The van der Waals surface area contributed by atoms with Gasteiger partial charge in [-0.1, -0.05) is 19.1 Å². The molecule has 1 heterocycles. The first-order chi connectivity index (χ1) is 10.1. The van der Waals surface area contributed by atoms with E-state index in [1.54, 1.807) is 0 Å². The largest absolute Gasteiger partial charge is 0.352 e. The van der Waals surface area contributed by atoms with Crippen LogP contribution in [0.2, 0.25) is 0 Å². The Morgan fingerprint density at radius 3 is 2.62 bits per heavy atom. The Balaban J connectivity index is 1.97. The minimum Gasteiger partial charge on any atom is -0.352 e. The van der Waals surface area contributed by atoms with Crippen LogP contribution < -0.4 is 11.1 Å². The highest BCUT2D eigenvalue weighted by atomic mass is 16.2. The van der Waals surface area contributed by atoms with Gasteiger partial charge < -0.3 is 16.0 Å². The summed E-state index contributed by atoms with van der Waals surface area (Å²) in [5, 5.41) is 2.53. The van der Waals surface area contributed by atoms with Gasteiger partial charge in [0.05, 0.1) is 0 Å². The number of likely N-dealkylation sites (tertiary alicyclic amines) is 1. The number of amides is 3. The number of nitrogens with zero attached hydrogens (tertiary/aromatic N) is 1. The lowest BCUT2D eigenvalue weighted by atomic mass is 10.0. The quantitative estimate of drug-likeness (QED) is 0.894. The summed E-state index contributed by atoms with van der Waals surface area (Å²) < 4.78 is 0. The molecule has 3 amide bonds. The van der Waals surface area contributed by atoms with Gasteiger partial charge in [-0.3, -0.25) is 4.79 Å². The molecule has 0 aliphatic carbocycles. The summed E-state index contributed by atoms with van der Waals surface area (Å²) in [5.74, 6) is 0.795. The second-order valence-corrected chi connectivity index (χ2v) is 5.74.